The molecule has 0 bridgehead atoms. The Balaban J connectivity index is 1.52. The van der Waals surface area contributed by atoms with Gasteiger partial charge in [0.15, 0.2) is 10.4 Å². The molecule has 2 heterocycles. The summed E-state index contributed by atoms with van der Waals surface area (Å²) in [5.41, 5.74) is 5.76. The van der Waals surface area contributed by atoms with Crippen LogP contribution < -0.4 is 9.47 Å². The fourth-order valence-corrected chi connectivity index (χ4v) is 18.2. The Labute approximate surface area is 351 Å². The highest BCUT2D eigenvalue weighted by Crippen LogP contribution is 2.43. The Morgan fingerprint density at radius 1 is 0.792 bits per heavy atom. The van der Waals surface area contributed by atoms with Gasteiger partial charge < -0.3 is 18.9 Å². The van der Waals surface area contributed by atoms with Crippen LogP contribution in [0.2, 0.25) is 0 Å². The number of hydrogen-bond acceptors (Lipinski definition) is 14. The summed E-state index contributed by atoms with van der Waals surface area (Å²) in [6, 6.07) is 8.82. The van der Waals surface area contributed by atoms with Crippen molar-refractivity contribution in [2.75, 3.05) is 38.5 Å². The van der Waals surface area contributed by atoms with Gasteiger partial charge in [-0.25, -0.2) is 9.59 Å². The third-order valence-corrected chi connectivity index (χ3v) is 20.8. The summed E-state index contributed by atoms with van der Waals surface area (Å²) in [4.78, 5) is 23.6. The Morgan fingerprint density at radius 3 is 1.75 bits per heavy atom. The van der Waals surface area contributed by atoms with Crippen LogP contribution in [0.3, 0.4) is 0 Å². The minimum Gasteiger partial charge on any atom is -0.488 e. The zero-order valence-electron chi connectivity index (χ0n) is 31.9. The molecule has 2 aliphatic rings. The Kier molecular flexibility index (Phi) is 17.9. The van der Waals surface area contributed by atoms with Crippen molar-refractivity contribution >= 4 is 106 Å². The predicted molar refractivity (Wildman–Crippen MR) is 242 cm³/mol. The molecule has 292 valence electrons. The minimum atomic E-state index is -0.859. The molecule has 4 rings (SSSR count). The number of esters is 2. The van der Waals surface area contributed by atoms with Crippen molar-refractivity contribution in [3.05, 3.63) is 83.0 Å². The number of hydrogen-bond donors (Lipinski definition) is 0. The fourth-order valence-electron chi connectivity index (χ4n) is 5.70. The van der Waals surface area contributed by atoms with E-state index < -0.39 is 23.0 Å². The number of thioether (sulfide) groups is 8. The first-order valence-electron chi connectivity index (χ1n) is 17.2. The predicted octanol–water partition coefficient (Wildman–Crippen LogP) is 11.3. The lowest BCUT2D eigenvalue weighted by molar-refractivity contribution is -0.146. The number of carbonyl (C=O) groups is 2. The monoisotopic (exact) mass is 872 g/mol. The number of ether oxygens (including phenoxy) is 4. The normalized spacial score (nSPS) is 18.0. The molecule has 0 spiro atoms. The van der Waals surface area contributed by atoms with E-state index in [0.29, 0.717) is 9.16 Å². The van der Waals surface area contributed by atoms with Gasteiger partial charge in [-0.1, -0.05) is 51.3 Å². The van der Waals surface area contributed by atoms with Crippen LogP contribution in [0.15, 0.2) is 49.6 Å². The maximum atomic E-state index is 12.3. The molecule has 3 atom stereocenters. The standard InChI is InChI=1S/C39H52O6S8/c1-11-31(40)43-28(7)37(48-17-33-49-20-46-21-50-33)44-36-26(5)15-30(16-27(36)6)38(8,9)29-13-24(3)35(25(4)14-29)42-19-39(10,45-32(41)12-2)53-18-34-51-22-47-23-52-34/h11-16,28,33-34,37H,1-2,17-23H2,3-10H3. The van der Waals surface area contributed by atoms with E-state index in [9.17, 15) is 9.59 Å². The summed E-state index contributed by atoms with van der Waals surface area (Å²) in [6.45, 7) is 24.0. The molecule has 0 amide bonds. The highest BCUT2D eigenvalue weighted by atomic mass is 32.3. The van der Waals surface area contributed by atoms with E-state index >= 15 is 0 Å². The first-order valence-corrected chi connectivity index (χ1v) is 25.8. The van der Waals surface area contributed by atoms with Gasteiger partial charge in [0, 0.05) is 49.4 Å². The van der Waals surface area contributed by atoms with Crippen LogP contribution in [-0.2, 0) is 24.5 Å². The Bertz CT molecular complexity index is 1540. The van der Waals surface area contributed by atoms with Crippen molar-refractivity contribution in [1.29, 1.82) is 0 Å². The van der Waals surface area contributed by atoms with Crippen LogP contribution in [0.4, 0.5) is 0 Å². The van der Waals surface area contributed by atoms with Gasteiger partial charge in [-0.15, -0.1) is 94.1 Å². The van der Waals surface area contributed by atoms with Crippen LogP contribution in [0.25, 0.3) is 0 Å². The van der Waals surface area contributed by atoms with E-state index in [1.165, 1.54) is 23.3 Å². The van der Waals surface area contributed by atoms with Gasteiger partial charge in [-0.3, -0.25) is 0 Å². The van der Waals surface area contributed by atoms with E-state index in [4.69, 9.17) is 18.9 Å². The van der Waals surface area contributed by atoms with Gasteiger partial charge in [0.05, 0.1) is 9.16 Å². The molecule has 6 nitrogen and oxygen atoms in total. The fraction of sp³-hybridized carbons (Fsp3) is 0.538. The average Bonchev–Trinajstić information content (AvgIpc) is 3.13. The lowest BCUT2D eigenvalue weighted by Gasteiger charge is -2.32. The van der Waals surface area contributed by atoms with Gasteiger partial charge in [-0.05, 0) is 74.9 Å². The molecule has 2 aromatic rings. The third-order valence-electron chi connectivity index (χ3n) is 8.68. The molecule has 53 heavy (non-hydrogen) atoms. The van der Waals surface area contributed by atoms with Gasteiger partial charge in [-0.2, -0.15) is 0 Å². The summed E-state index contributed by atoms with van der Waals surface area (Å²) in [5, 5.41) is 4.36. The van der Waals surface area contributed by atoms with Crippen LogP contribution in [-0.4, -0.2) is 76.0 Å². The molecule has 2 saturated heterocycles. The molecule has 2 aliphatic heterocycles. The minimum absolute atomic E-state index is 0.223. The van der Waals surface area contributed by atoms with E-state index in [1.807, 2.05) is 84.4 Å². The molecule has 0 aromatic heterocycles. The Hall–Kier alpha value is -0.740. The van der Waals surface area contributed by atoms with Gasteiger partial charge in [0.1, 0.15) is 24.2 Å². The molecular formula is C39H52O6S8. The second-order valence-electron chi connectivity index (χ2n) is 13.4. The van der Waals surface area contributed by atoms with Crippen LogP contribution >= 0.6 is 94.1 Å². The summed E-state index contributed by atoms with van der Waals surface area (Å²) in [7, 11) is 0. The van der Waals surface area contributed by atoms with Crippen molar-refractivity contribution in [1.82, 2.24) is 0 Å². The zero-order chi connectivity index (χ0) is 38.8. The van der Waals surface area contributed by atoms with Crippen molar-refractivity contribution in [3.8, 4) is 11.5 Å². The van der Waals surface area contributed by atoms with Crippen molar-refractivity contribution in [2.45, 2.75) is 86.4 Å². The smallest absolute Gasteiger partial charge is 0.331 e. The number of carbonyl (C=O) groups excluding carboxylic acids is 2. The van der Waals surface area contributed by atoms with Crippen LogP contribution in [0.1, 0.15) is 61.1 Å². The largest absolute Gasteiger partial charge is 0.488 e. The molecule has 2 aromatic carbocycles. The zero-order valence-corrected chi connectivity index (χ0v) is 38.4. The maximum absolute atomic E-state index is 12.3. The quantitative estimate of drug-likeness (QED) is 0.0811. The second kappa shape index (κ2) is 21.1. The highest BCUT2D eigenvalue weighted by Gasteiger charge is 2.34. The topological polar surface area (TPSA) is 71.1 Å². The molecule has 0 radical (unpaired) electrons. The number of rotatable bonds is 18. The van der Waals surface area contributed by atoms with Crippen molar-refractivity contribution in [2.24, 2.45) is 0 Å². The lowest BCUT2D eigenvalue weighted by Crippen LogP contribution is -2.36. The molecule has 3 unspecified atom stereocenters. The Morgan fingerprint density at radius 2 is 1.26 bits per heavy atom. The molecular weight excluding hydrogens is 821 g/mol. The first-order chi connectivity index (χ1) is 25.2. The average molecular weight is 873 g/mol. The lowest BCUT2D eigenvalue weighted by atomic mass is 9.76. The van der Waals surface area contributed by atoms with Crippen molar-refractivity contribution < 1.29 is 28.5 Å². The number of benzene rings is 2. The second-order valence-corrected chi connectivity index (χ2v) is 24.8. The van der Waals surface area contributed by atoms with E-state index in [0.717, 1.165) is 65.6 Å². The molecule has 0 saturated carbocycles. The van der Waals surface area contributed by atoms with Gasteiger partial charge in [0.25, 0.3) is 0 Å². The van der Waals surface area contributed by atoms with E-state index in [1.54, 1.807) is 23.5 Å². The summed E-state index contributed by atoms with van der Waals surface area (Å²) in [5.74, 6) is 2.47. The van der Waals surface area contributed by atoms with E-state index in [-0.39, 0.29) is 17.5 Å². The summed E-state index contributed by atoms with van der Waals surface area (Å²) >= 11 is 15.0. The summed E-state index contributed by atoms with van der Waals surface area (Å²) in [6.07, 6.45) is 1.95. The summed E-state index contributed by atoms with van der Waals surface area (Å²) < 4.78 is 25.6. The first kappa shape index (κ1) is 45.0. The molecule has 0 N–H and O–H groups in total. The molecule has 0 aliphatic carbocycles. The van der Waals surface area contributed by atoms with Crippen molar-refractivity contribution in [3.63, 3.8) is 0 Å². The van der Waals surface area contributed by atoms with Crippen LogP contribution in [0, 0.1) is 27.7 Å². The maximum Gasteiger partial charge on any atom is 0.331 e. The third kappa shape index (κ3) is 13.1. The SMILES string of the molecule is C=CC(=O)OC(C)C(Oc1c(C)cc(C(C)(C)c2cc(C)c(OCC(C)(OC(=O)C=C)SCC3SCSCS3)c(C)c2)cc1C)SCC1SCSCS1. The van der Waals surface area contributed by atoms with Gasteiger partial charge >= 0.3 is 11.9 Å². The molecule has 2 fully saturated rings. The highest BCUT2D eigenvalue weighted by molar-refractivity contribution is 8.33. The molecule has 14 heteroatoms. The van der Waals surface area contributed by atoms with Crippen LogP contribution in [0.5, 0.6) is 11.5 Å². The number of aryl methyl sites for hydroxylation is 4. The van der Waals surface area contributed by atoms with E-state index in [2.05, 4.69) is 79.0 Å². The van der Waals surface area contributed by atoms with Gasteiger partial charge in [0.2, 0.25) is 0 Å².